The quantitative estimate of drug-likeness (QED) is 0.0801. The molecule has 0 aromatic carbocycles. The van der Waals surface area contributed by atoms with Gasteiger partial charge < -0.3 is 51.8 Å². The number of carboxylic acid groups (broad SMARTS) is 8. The van der Waals surface area contributed by atoms with E-state index in [0.29, 0.717) is 51.4 Å². The standard InChI is InChI=1S/4C6H10O4.Ce.2H2O.V/c4*7-5(8)3-1-2-4-6(9)10;;;;/h4*1-4H2,(H,7,8)(H,9,10);;2*1H2;. The summed E-state index contributed by atoms with van der Waals surface area (Å²) in [5.41, 5.74) is 0. The van der Waals surface area contributed by atoms with Gasteiger partial charge in [0.05, 0.1) is 0 Å². The van der Waals surface area contributed by atoms with E-state index in [2.05, 4.69) is 0 Å². The molecule has 0 saturated carbocycles. The second kappa shape index (κ2) is 45.1. The summed E-state index contributed by atoms with van der Waals surface area (Å²) in [5.74, 6) is -6.96. The Morgan fingerprint density at radius 3 is 0.386 bits per heavy atom. The second-order valence-corrected chi connectivity index (χ2v) is 7.98. The average Bonchev–Trinajstić information content (AvgIpc) is 2.80. The Hall–Kier alpha value is -2.36. The zero-order chi connectivity index (χ0) is 31.9. The number of carbonyl (C=O) groups is 8. The van der Waals surface area contributed by atoms with Gasteiger partial charge in [-0.25, -0.2) is 0 Å². The molecule has 18 nitrogen and oxygen atoms in total. The van der Waals surface area contributed by atoms with E-state index in [4.69, 9.17) is 40.9 Å². The summed E-state index contributed by atoms with van der Waals surface area (Å²) < 4.78 is 0. The summed E-state index contributed by atoms with van der Waals surface area (Å²) in [4.78, 5) is 79.2. The van der Waals surface area contributed by atoms with Crippen molar-refractivity contribution in [1.29, 1.82) is 0 Å². The molecule has 0 spiro atoms. The van der Waals surface area contributed by atoms with Crippen LogP contribution >= 0.6 is 0 Å². The Balaban J connectivity index is -0.0000000635. The fourth-order valence-electron chi connectivity index (χ4n) is 2.21. The molecule has 0 rings (SSSR count). The van der Waals surface area contributed by atoms with Gasteiger partial charge in [-0.15, -0.1) is 0 Å². The summed E-state index contributed by atoms with van der Waals surface area (Å²) in [7, 11) is 0. The SMILES string of the molecule is O.O.O=C(O)CCCCC(=O)O.O=C(O)CCCCC(=O)O.O=C(O)CCCCC(=O)O.O=C(O)CCCCC(=O)O.[Ce].[V]. The smallest absolute Gasteiger partial charge is 0.303 e. The predicted molar refractivity (Wildman–Crippen MR) is 142 cm³/mol. The van der Waals surface area contributed by atoms with E-state index < -0.39 is 47.8 Å². The van der Waals surface area contributed by atoms with Crippen LogP contribution in [0, 0.1) is 41.7 Å². The van der Waals surface area contributed by atoms with Gasteiger partial charge >= 0.3 is 47.8 Å². The molecule has 0 atom stereocenters. The van der Waals surface area contributed by atoms with Crippen molar-refractivity contribution in [3.05, 3.63) is 0 Å². The first-order chi connectivity index (χ1) is 18.5. The minimum absolute atomic E-state index is 0. The molecule has 0 amide bonds. The molecule has 0 unspecified atom stereocenters. The summed E-state index contributed by atoms with van der Waals surface area (Å²) in [6.45, 7) is 0. The van der Waals surface area contributed by atoms with Gasteiger partial charge in [0, 0.05) is 112 Å². The number of rotatable bonds is 20. The van der Waals surface area contributed by atoms with E-state index in [-0.39, 0.29) is 123 Å². The van der Waals surface area contributed by atoms with Crippen LogP contribution < -0.4 is 0 Å². The van der Waals surface area contributed by atoms with E-state index in [9.17, 15) is 38.4 Å². The third kappa shape index (κ3) is 90.0. The molecule has 0 aromatic heterocycles. The summed E-state index contributed by atoms with van der Waals surface area (Å²) in [6.07, 6.45) is 4.07. The Kier molecular flexibility index (Phi) is 62.3. The van der Waals surface area contributed by atoms with Crippen LogP contribution in [0.4, 0.5) is 0 Å². The maximum atomic E-state index is 9.90. The number of hydrogen-bond acceptors (Lipinski definition) is 8. The first kappa shape index (κ1) is 60.8. The number of carboxylic acids is 8. The van der Waals surface area contributed by atoms with Gasteiger partial charge in [-0.3, -0.25) is 38.4 Å². The predicted octanol–water partition coefficient (Wildman–Crippen LogP) is 1.21. The van der Waals surface area contributed by atoms with Crippen molar-refractivity contribution in [1.82, 2.24) is 0 Å². The molecule has 0 saturated heterocycles. The molecule has 0 aliphatic rings. The van der Waals surface area contributed by atoms with Gasteiger partial charge in [-0.05, 0) is 51.4 Å². The first-order valence-electron chi connectivity index (χ1n) is 12.3. The van der Waals surface area contributed by atoms with Crippen molar-refractivity contribution in [2.24, 2.45) is 0 Å². The number of hydrogen-bond donors (Lipinski definition) is 8. The largest absolute Gasteiger partial charge is 0.481 e. The molecule has 0 bridgehead atoms. The Morgan fingerprint density at radius 2 is 0.341 bits per heavy atom. The molecular weight excluding hydrogens is 767 g/mol. The van der Waals surface area contributed by atoms with Crippen LogP contribution in [0.3, 0.4) is 0 Å². The minimum atomic E-state index is -0.870. The third-order valence-electron chi connectivity index (χ3n) is 4.13. The fraction of sp³-hybridized carbons (Fsp3) is 0.667. The third-order valence-corrected chi connectivity index (χ3v) is 4.13. The normalized spacial score (nSPS) is 8.36. The van der Waals surface area contributed by atoms with Crippen molar-refractivity contribution in [3.8, 4) is 0 Å². The van der Waals surface area contributed by atoms with Gasteiger partial charge in [-0.1, -0.05) is 0 Å². The molecule has 1 radical (unpaired) electrons. The van der Waals surface area contributed by atoms with E-state index in [1.54, 1.807) is 0 Å². The van der Waals surface area contributed by atoms with Crippen molar-refractivity contribution >= 4 is 47.8 Å². The van der Waals surface area contributed by atoms with Gasteiger partial charge in [0.2, 0.25) is 0 Å². The Morgan fingerprint density at radius 1 is 0.273 bits per heavy atom. The van der Waals surface area contributed by atoms with Crippen molar-refractivity contribution in [2.45, 2.75) is 103 Å². The molecule has 0 aliphatic heterocycles. The van der Waals surface area contributed by atoms with Crippen molar-refractivity contribution in [2.75, 3.05) is 0 Å². The van der Waals surface area contributed by atoms with Crippen LogP contribution in [-0.2, 0) is 56.9 Å². The minimum Gasteiger partial charge on any atom is -0.481 e. The number of aliphatic carboxylic acids is 8. The van der Waals surface area contributed by atoms with Crippen molar-refractivity contribution in [3.63, 3.8) is 0 Å². The molecule has 0 aromatic rings. The van der Waals surface area contributed by atoms with E-state index in [1.807, 2.05) is 0 Å². The molecule has 12 N–H and O–H groups in total. The summed E-state index contributed by atoms with van der Waals surface area (Å²) in [6, 6.07) is 0. The molecule has 44 heavy (non-hydrogen) atoms. The topological polar surface area (TPSA) is 361 Å². The van der Waals surface area contributed by atoms with Gasteiger partial charge in [-0.2, -0.15) is 0 Å². The molecule has 0 aliphatic carbocycles. The van der Waals surface area contributed by atoms with Crippen molar-refractivity contribution < 1.29 is 150 Å². The van der Waals surface area contributed by atoms with Crippen LogP contribution in [0.25, 0.3) is 0 Å². The van der Waals surface area contributed by atoms with E-state index in [0.717, 1.165) is 0 Å². The molecule has 0 fully saturated rings. The average molecular weight is 812 g/mol. The van der Waals surface area contributed by atoms with Gasteiger partial charge in [0.1, 0.15) is 0 Å². The monoisotopic (exact) mass is 811 g/mol. The maximum Gasteiger partial charge on any atom is 0.303 e. The Labute approximate surface area is 299 Å². The molecule has 0 heterocycles. The molecule has 20 heteroatoms. The van der Waals surface area contributed by atoms with Crippen LogP contribution in [0.5, 0.6) is 0 Å². The van der Waals surface area contributed by atoms with Crippen LogP contribution in [0.1, 0.15) is 103 Å². The zero-order valence-electron chi connectivity index (χ0n) is 24.1. The summed E-state index contributed by atoms with van der Waals surface area (Å²) >= 11 is 0. The second-order valence-electron chi connectivity index (χ2n) is 7.98. The van der Waals surface area contributed by atoms with E-state index in [1.165, 1.54) is 0 Å². The molecular formula is C24H44CeO18V. The van der Waals surface area contributed by atoms with Crippen LogP contribution in [0.15, 0.2) is 0 Å². The maximum absolute atomic E-state index is 9.90. The van der Waals surface area contributed by atoms with Gasteiger partial charge in [0.15, 0.2) is 0 Å². The first-order valence-corrected chi connectivity index (χ1v) is 12.3. The molecule has 257 valence electrons. The fourth-order valence-corrected chi connectivity index (χ4v) is 2.21. The van der Waals surface area contributed by atoms with Gasteiger partial charge in [0.25, 0.3) is 0 Å². The van der Waals surface area contributed by atoms with Crippen LogP contribution in [-0.4, -0.2) is 99.6 Å². The summed E-state index contributed by atoms with van der Waals surface area (Å²) in [5, 5.41) is 65.1. The zero-order valence-corrected chi connectivity index (χ0v) is 28.6. The van der Waals surface area contributed by atoms with Crippen LogP contribution in [0.2, 0.25) is 0 Å². The Bertz CT molecular complexity index is 599. The number of unbranched alkanes of at least 4 members (excludes halogenated alkanes) is 4. The van der Waals surface area contributed by atoms with E-state index >= 15 is 0 Å².